The van der Waals surface area contributed by atoms with Gasteiger partial charge in [0.1, 0.15) is 0 Å². The standard InChI is InChI=1S/C19H15N3OS/c23-19(14-5-2-1-3-6-14)22-18(15-7-4-9-20-12-15)11-17(21-22)16-8-10-24-13-16/h1-10,12-13,18H,11H2. The highest BCUT2D eigenvalue weighted by Gasteiger charge is 2.33. The lowest BCUT2D eigenvalue weighted by Gasteiger charge is -2.21. The molecule has 3 heterocycles. The molecule has 1 aromatic carbocycles. The van der Waals surface area contributed by atoms with Crippen molar-refractivity contribution in [3.63, 3.8) is 0 Å². The Bertz CT molecular complexity index is 860. The van der Waals surface area contributed by atoms with Crippen molar-refractivity contribution in [3.05, 3.63) is 88.4 Å². The number of hydrazone groups is 1. The molecule has 1 atom stereocenters. The zero-order valence-corrected chi connectivity index (χ0v) is 13.7. The number of pyridine rings is 1. The van der Waals surface area contributed by atoms with Crippen LogP contribution >= 0.6 is 11.3 Å². The summed E-state index contributed by atoms with van der Waals surface area (Å²) in [4.78, 5) is 17.1. The second-order valence-electron chi connectivity index (χ2n) is 5.58. The van der Waals surface area contributed by atoms with Crippen LogP contribution in [0.3, 0.4) is 0 Å². The van der Waals surface area contributed by atoms with E-state index in [-0.39, 0.29) is 11.9 Å². The zero-order chi connectivity index (χ0) is 16.4. The van der Waals surface area contributed by atoms with Crippen LogP contribution in [0.2, 0.25) is 0 Å². The molecule has 0 saturated carbocycles. The first-order chi connectivity index (χ1) is 11.8. The highest BCUT2D eigenvalue weighted by Crippen LogP contribution is 2.33. The normalized spacial score (nSPS) is 16.9. The number of benzene rings is 1. The maximum atomic E-state index is 12.9. The first kappa shape index (κ1) is 14.8. The van der Waals surface area contributed by atoms with Crippen molar-refractivity contribution in [2.24, 2.45) is 5.10 Å². The number of hydrogen-bond donors (Lipinski definition) is 0. The summed E-state index contributed by atoms with van der Waals surface area (Å²) in [7, 11) is 0. The van der Waals surface area contributed by atoms with Crippen LogP contribution in [0.25, 0.3) is 0 Å². The predicted molar refractivity (Wildman–Crippen MR) is 95.1 cm³/mol. The number of carbonyl (C=O) groups is 1. The van der Waals surface area contributed by atoms with Gasteiger partial charge in [-0.1, -0.05) is 24.3 Å². The molecule has 0 spiro atoms. The Balaban J connectivity index is 1.72. The van der Waals surface area contributed by atoms with Crippen LogP contribution in [0.4, 0.5) is 0 Å². The lowest BCUT2D eigenvalue weighted by atomic mass is 10.0. The predicted octanol–water partition coefficient (Wildman–Crippen LogP) is 4.13. The lowest BCUT2D eigenvalue weighted by Crippen LogP contribution is -2.27. The van der Waals surface area contributed by atoms with Crippen molar-refractivity contribution in [2.75, 3.05) is 0 Å². The second-order valence-corrected chi connectivity index (χ2v) is 6.36. The van der Waals surface area contributed by atoms with Crippen LogP contribution in [0.15, 0.2) is 76.8 Å². The minimum atomic E-state index is -0.124. The van der Waals surface area contributed by atoms with Gasteiger partial charge in [0.15, 0.2) is 0 Å². The highest BCUT2D eigenvalue weighted by atomic mass is 32.1. The van der Waals surface area contributed by atoms with E-state index < -0.39 is 0 Å². The third-order valence-electron chi connectivity index (χ3n) is 4.06. The van der Waals surface area contributed by atoms with Gasteiger partial charge in [0.25, 0.3) is 5.91 Å². The van der Waals surface area contributed by atoms with Gasteiger partial charge in [-0.2, -0.15) is 16.4 Å². The molecule has 3 aromatic rings. The molecular weight excluding hydrogens is 318 g/mol. The molecular formula is C19H15N3OS. The van der Waals surface area contributed by atoms with E-state index in [0.29, 0.717) is 12.0 Å². The van der Waals surface area contributed by atoms with E-state index in [1.165, 1.54) is 0 Å². The van der Waals surface area contributed by atoms with Crippen LogP contribution < -0.4 is 0 Å². The molecule has 0 bridgehead atoms. The third-order valence-corrected chi connectivity index (χ3v) is 4.75. The Morgan fingerprint density at radius 2 is 2.00 bits per heavy atom. The maximum Gasteiger partial charge on any atom is 0.274 e. The molecule has 0 radical (unpaired) electrons. The Morgan fingerprint density at radius 1 is 1.12 bits per heavy atom. The van der Waals surface area contributed by atoms with Crippen molar-refractivity contribution in [1.29, 1.82) is 0 Å². The molecule has 2 aromatic heterocycles. The van der Waals surface area contributed by atoms with Gasteiger partial charge in [-0.3, -0.25) is 9.78 Å². The summed E-state index contributed by atoms with van der Waals surface area (Å²) in [5.74, 6) is -0.0883. The van der Waals surface area contributed by atoms with Gasteiger partial charge < -0.3 is 0 Å². The summed E-state index contributed by atoms with van der Waals surface area (Å²) < 4.78 is 0. The fraction of sp³-hybridized carbons (Fsp3) is 0.105. The lowest BCUT2D eigenvalue weighted by molar-refractivity contribution is 0.0711. The number of nitrogens with zero attached hydrogens (tertiary/aromatic N) is 3. The van der Waals surface area contributed by atoms with E-state index in [9.17, 15) is 4.79 Å². The van der Waals surface area contributed by atoms with Crippen molar-refractivity contribution < 1.29 is 4.79 Å². The van der Waals surface area contributed by atoms with Gasteiger partial charge in [-0.25, -0.2) is 5.01 Å². The number of aromatic nitrogens is 1. The quantitative estimate of drug-likeness (QED) is 0.723. The van der Waals surface area contributed by atoms with Crippen LogP contribution in [-0.4, -0.2) is 21.6 Å². The molecule has 5 heteroatoms. The molecule has 1 aliphatic rings. The van der Waals surface area contributed by atoms with E-state index in [1.807, 2.05) is 60.1 Å². The monoisotopic (exact) mass is 333 g/mol. The molecule has 0 fully saturated rings. The van der Waals surface area contributed by atoms with E-state index in [0.717, 1.165) is 16.8 Å². The molecule has 1 unspecified atom stereocenters. The van der Waals surface area contributed by atoms with Gasteiger partial charge in [0.05, 0.1) is 11.8 Å². The summed E-state index contributed by atoms with van der Waals surface area (Å²) in [6.45, 7) is 0. The van der Waals surface area contributed by atoms with Crippen LogP contribution in [0.5, 0.6) is 0 Å². The SMILES string of the molecule is O=C(c1ccccc1)N1N=C(c2ccsc2)CC1c1cccnc1. The Hall–Kier alpha value is -2.79. The van der Waals surface area contributed by atoms with Gasteiger partial charge >= 0.3 is 0 Å². The van der Waals surface area contributed by atoms with E-state index in [4.69, 9.17) is 0 Å². The van der Waals surface area contributed by atoms with E-state index >= 15 is 0 Å². The van der Waals surface area contributed by atoms with Gasteiger partial charge in [0, 0.05) is 29.9 Å². The fourth-order valence-corrected chi connectivity index (χ4v) is 3.51. The second kappa shape index (κ2) is 6.37. The minimum absolute atomic E-state index is 0.0883. The summed E-state index contributed by atoms with van der Waals surface area (Å²) >= 11 is 1.63. The Morgan fingerprint density at radius 3 is 2.71 bits per heavy atom. The minimum Gasteiger partial charge on any atom is -0.267 e. The first-order valence-electron chi connectivity index (χ1n) is 7.71. The highest BCUT2D eigenvalue weighted by molar-refractivity contribution is 7.08. The summed E-state index contributed by atoms with van der Waals surface area (Å²) in [5, 5.41) is 10.3. The van der Waals surface area contributed by atoms with E-state index in [1.54, 1.807) is 22.5 Å². The van der Waals surface area contributed by atoms with Gasteiger partial charge in [0.2, 0.25) is 0 Å². The van der Waals surface area contributed by atoms with E-state index in [2.05, 4.69) is 15.5 Å². The average Bonchev–Trinajstić information content (AvgIpc) is 3.32. The average molecular weight is 333 g/mol. The number of rotatable bonds is 3. The maximum absolute atomic E-state index is 12.9. The molecule has 0 aliphatic carbocycles. The first-order valence-corrected chi connectivity index (χ1v) is 8.66. The molecule has 4 nitrogen and oxygen atoms in total. The molecule has 1 aliphatic heterocycles. The number of amides is 1. The third kappa shape index (κ3) is 2.74. The zero-order valence-electron chi connectivity index (χ0n) is 12.9. The number of hydrogen-bond acceptors (Lipinski definition) is 4. The Kier molecular flexibility index (Phi) is 3.92. The fourth-order valence-electron chi connectivity index (χ4n) is 2.85. The van der Waals surface area contributed by atoms with Crippen LogP contribution in [-0.2, 0) is 0 Å². The smallest absolute Gasteiger partial charge is 0.267 e. The molecule has 24 heavy (non-hydrogen) atoms. The Labute approximate surface area is 144 Å². The van der Waals surface area contributed by atoms with Crippen molar-refractivity contribution in [3.8, 4) is 0 Å². The largest absolute Gasteiger partial charge is 0.274 e. The summed E-state index contributed by atoms with van der Waals surface area (Å²) in [5.41, 5.74) is 3.66. The van der Waals surface area contributed by atoms with Gasteiger partial charge in [-0.05, 0) is 40.6 Å². The summed E-state index contributed by atoms with van der Waals surface area (Å²) in [6, 6.07) is 15.1. The van der Waals surface area contributed by atoms with Crippen molar-refractivity contribution >= 4 is 23.0 Å². The molecule has 1 amide bonds. The van der Waals surface area contributed by atoms with Crippen molar-refractivity contribution in [1.82, 2.24) is 9.99 Å². The molecule has 4 rings (SSSR count). The number of thiophene rings is 1. The topological polar surface area (TPSA) is 45.6 Å². The molecule has 0 N–H and O–H groups in total. The molecule has 118 valence electrons. The van der Waals surface area contributed by atoms with Crippen LogP contribution in [0, 0.1) is 0 Å². The number of carbonyl (C=O) groups excluding carboxylic acids is 1. The van der Waals surface area contributed by atoms with Gasteiger partial charge in [-0.15, -0.1) is 0 Å². The van der Waals surface area contributed by atoms with Crippen molar-refractivity contribution in [2.45, 2.75) is 12.5 Å². The van der Waals surface area contributed by atoms with Crippen LogP contribution in [0.1, 0.15) is 33.9 Å². The summed E-state index contributed by atoms with van der Waals surface area (Å²) in [6.07, 6.45) is 4.24. The molecule has 0 saturated heterocycles.